The van der Waals surface area contributed by atoms with E-state index in [0.29, 0.717) is 22.9 Å². The summed E-state index contributed by atoms with van der Waals surface area (Å²) in [6, 6.07) is 10.2. The molecule has 0 aliphatic rings. The molecule has 2 rings (SSSR count). The van der Waals surface area contributed by atoms with Crippen molar-refractivity contribution in [1.29, 1.82) is 0 Å². The molecule has 0 saturated carbocycles. The Morgan fingerprint density at radius 1 is 0.958 bits per heavy atom. The molecule has 0 bridgehead atoms. The minimum Gasteiger partial charge on any atom is -0.497 e. The average Bonchev–Trinajstić information content (AvgIpc) is 2.58. The predicted octanol–water partition coefficient (Wildman–Crippen LogP) is 3.35. The molecule has 0 radical (unpaired) electrons. The SMILES string of the molecule is COc1ccc(OC)c(NC(=O)C(=O)Nc2ccc(Br)c(C)c2)c1. The van der Waals surface area contributed by atoms with E-state index in [0.717, 1.165) is 10.0 Å². The van der Waals surface area contributed by atoms with E-state index in [-0.39, 0.29) is 0 Å². The normalized spacial score (nSPS) is 10.0. The number of carbonyl (C=O) groups excluding carboxylic acids is 2. The number of hydrogen-bond acceptors (Lipinski definition) is 4. The zero-order chi connectivity index (χ0) is 17.7. The van der Waals surface area contributed by atoms with Gasteiger partial charge in [-0.25, -0.2) is 0 Å². The Labute approximate surface area is 148 Å². The molecule has 24 heavy (non-hydrogen) atoms. The van der Waals surface area contributed by atoms with Gasteiger partial charge in [0, 0.05) is 16.2 Å². The number of anilines is 2. The van der Waals surface area contributed by atoms with Gasteiger partial charge in [-0.05, 0) is 42.8 Å². The maximum absolute atomic E-state index is 12.1. The molecule has 0 heterocycles. The molecule has 0 saturated heterocycles. The van der Waals surface area contributed by atoms with Gasteiger partial charge in [0.05, 0.1) is 19.9 Å². The van der Waals surface area contributed by atoms with Crippen LogP contribution in [0.15, 0.2) is 40.9 Å². The summed E-state index contributed by atoms with van der Waals surface area (Å²) < 4.78 is 11.2. The second-order valence-corrected chi connectivity index (χ2v) is 5.79. The number of amides is 2. The summed E-state index contributed by atoms with van der Waals surface area (Å²) in [6.45, 7) is 1.89. The molecular weight excluding hydrogens is 376 g/mol. The fraction of sp³-hybridized carbons (Fsp3) is 0.176. The highest BCUT2D eigenvalue weighted by Gasteiger charge is 2.17. The predicted molar refractivity (Wildman–Crippen MR) is 95.7 cm³/mol. The molecule has 0 aliphatic carbocycles. The van der Waals surface area contributed by atoms with Crippen LogP contribution in [0, 0.1) is 6.92 Å². The molecule has 2 aromatic rings. The van der Waals surface area contributed by atoms with E-state index in [9.17, 15) is 9.59 Å². The molecule has 0 aliphatic heterocycles. The monoisotopic (exact) mass is 392 g/mol. The van der Waals surface area contributed by atoms with Crippen molar-refractivity contribution in [2.24, 2.45) is 0 Å². The van der Waals surface area contributed by atoms with Crippen LogP contribution < -0.4 is 20.1 Å². The summed E-state index contributed by atoms with van der Waals surface area (Å²) >= 11 is 3.38. The third-order valence-corrected chi connectivity index (χ3v) is 4.17. The van der Waals surface area contributed by atoms with Crippen LogP contribution in [0.1, 0.15) is 5.56 Å². The largest absolute Gasteiger partial charge is 0.497 e. The Morgan fingerprint density at radius 3 is 2.29 bits per heavy atom. The highest BCUT2D eigenvalue weighted by Crippen LogP contribution is 2.29. The third-order valence-electron chi connectivity index (χ3n) is 3.28. The lowest BCUT2D eigenvalue weighted by Crippen LogP contribution is -2.29. The molecule has 0 spiro atoms. The summed E-state index contributed by atoms with van der Waals surface area (Å²) in [4.78, 5) is 24.2. The van der Waals surface area contributed by atoms with Gasteiger partial charge >= 0.3 is 11.8 Å². The van der Waals surface area contributed by atoms with Crippen LogP contribution in [-0.4, -0.2) is 26.0 Å². The molecule has 126 valence electrons. The highest BCUT2D eigenvalue weighted by molar-refractivity contribution is 9.10. The number of aryl methyl sites for hydroxylation is 1. The number of rotatable bonds is 4. The Morgan fingerprint density at radius 2 is 1.67 bits per heavy atom. The molecule has 6 nitrogen and oxygen atoms in total. The Balaban J connectivity index is 2.11. The van der Waals surface area contributed by atoms with Gasteiger partial charge < -0.3 is 20.1 Å². The van der Waals surface area contributed by atoms with E-state index in [2.05, 4.69) is 26.6 Å². The van der Waals surface area contributed by atoms with Crippen LogP contribution in [-0.2, 0) is 9.59 Å². The van der Waals surface area contributed by atoms with Crippen LogP contribution in [0.5, 0.6) is 11.5 Å². The van der Waals surface area contributed by atoms with Gasteiger partial charge in [-0.2, -0.15) is 0 Å². The van der Waals surface area contributed by atoms with Crippen LogP contribution in [0.2, 0.25) is 0 Å². The number of ether oxygens (including phenoxy) is 2. The first-order chi connectivity index (χ1) is 11.4. The van der Waals surface area contributed by atoms with Gasteiger partial charge in [0.25, 0.3) is 0 Å². The van der Waals surface area contributed by atoms with Crippen molar-refractivity contribution in [2.75, 3.05) is 24.9 Å². The lowest BCUT2D eigenvalue weighted by Gasteiger charge is -2.12. The minimum atomic E-state index is -0.804. The minimum absolute atomic E-state index is 0.351. The first kappa shape index (κ1) is 17.8. The highest BCUT2D eigenvalue weighted by atomic mass is 79.9. The molecule has 2 aromatic carbocycles. The Bertz CT molecular complexity index is 777. The molecule has 2 N–H and O–H groups in total. The molecule has 0 fully saturated rings. The number of hydrogen-bond donors (Lipinski definition) is 2. The number of methoxy groups -OCH3 is 2. The number of carbonyl (C=O) groups is 2. The van der Waals surface area contributed by atoms with Gasteiger partial charge in [0.2, 0.25) is 0 Å². The standard InChI is InChI=1S/C17H17BrN2O4/c1-10-8-11(4-6-13(10)18)19-16(21)17(22)20-14-9-12(23-2)5-7-15(14)24-3/h4-9H,1-3H3,(H,19,21)(H,20,22). The van der Waals surface area contributed by atoms with E-state index < -0.39 is 11.8 Å². The number of benzene rings is 2. The second kappa shape index (κ2) is 7.83. The quantitative estimate of drug-likeness (QED) is 0.782. The lowest BCUT2D eigenvalue weighted by molar-refractivity contribution is -0.133. The molecule has 0 atom stereocenters. The van der Waals surface area contributed by atoms with Crippen molar-refractivity contribution in [3.63, 3.8) is 0 Å². The fourth-order valence-electron chi connectivity index (χ4n) is 2.00. The molecule has 0 unspecified atom stereocenters. The fourth-order valence-corrected chi connectivity index (χ4v) is 2.25. The third kappa shape index (κ3) is 4.26. The van der Waals surface area contributed by atoms with Crippen molar-refractivity contribution >= 4 is 39.1 Å². The van der Waals surface area contributed by atoms with Crippen molar-refractivity contribution in [1.82, 2.24) is 0 Å². The summed E-state index contributed by atoms with van der Waals surface area (Å²) in [7, 11) is 2.98. The van der Waals surface area contributed by atoms with Crippen molar-refractivity contribution in [3.8, 4) is 11.5 Å². The second-order valence-electron chi connectivity index (χ2n) is 4.94. The number of nitrogens with one attached hydrogen (secondary N) is 2. The van der Waals surface area contributed by atoms with Crippen LogP contribution in [0.3, 0.4) is 0 Å². The maximum Gasteiger partial charge on any atom is 0.314 e. The molecule has 7 heteroatoms. The van der Waals surface area contributed by atoms with Crippen LogP contribution in [0.4, 0.5) is 11.4 Å². The Kier molecular flexibility index (Phi) is 5.81. The zero-order valence-electron chi connectivity index (χ0n) is 13.5. The summed E-state index contributed by atoms with van der Waals surface area (Å²) in [6.07, 6.45) is 0. The smallest absolute Gasteiger partial charge is 0.314 e. The van der Waals surface area contributed by atoms with Crippen LogP contribution >= 0.6 is 15.9 Å². The van der Waals surface area contributed by atoms with E-state index >= 15 is 0 Å². The van der Waals surface area contributed by atoms with Crippen LogP contribution in [0.25, 0.3) is 0 Å². The van der Waals surface area contributed by atoms with Crippen molar-refractivity contribution in [3.05, 3.63) is 46.4 Å². The van der Waals surface area contributed by atoms with Gasteiger partial charge in [-0.15, -0.1) is 0 Å². The van der Waals surface area contributed by atoms with E-state index in [1.165, 1.54) is 14.2 Å². The first-order valence-corrected chi connectivity index (χ1v) is 7.84. The average molecular weight is 393 g/mol. The first-order valence-electron chi connectivity index (χ1n) is 7.05. The lowest BCUT2D eigenvalue weighted by atomic mass is 10.2. The topological polar surface area (TPSA) is 76.7 Å². The molecule has 0 aromatic heterocycles. The van der Waals surface area contributed by atoms with Gasteiger partial charge in [0.1, 0.15) is 11.5 Å². The molecular formula is C17H17BrN2O4. The van der Waals surface area contributed by atoms with Gasteiger partial charge in [0.15, 0.2) is 0 Å². The van der Waals surface area contributed by atoms with E-state index in [1.807, 2.05) is 6.92 Å². The zero-order valence-corrected chi connectivity index (χ0v) is 15.1. The Hall–Kier alpha value is -2.54. The van der Waals surface area contributed by atoms with Crippen molar-refractivity contribution < 1.29 is 19.1 Å². The van der Waals surface area contributed by atoms with Crippen molar-refractivity contribution in [2.45, 2.75) is 6.92 Å². The van der Waals surface area contributed by atoms with Gasteiger partial charge in [-0.1, -0.05) is 15.9 Å². The maximum atomic E-state index is 12.1. The molecule has 2 amide bonds. The number of halogens is 1. The summed E-state index contributed by atoms with van der Waals surface area (Å²) in [5.41, 5.74) is 1.83. The van der Waals surface area contributed by atoms with E-state index in [4.69, 9.17) is 9.47 Å². The summed E-state index contributed by atoms with van der Waals surface area (Å²) in [5.74, 6) is -0.616. The summed E-state index contributed by atoms with van der Waals surface area (Å²) in [5, 5.41) is 5.07. The van der Waals surface area contributed by atoms with E-state index in [1.54, 1.807) is 36.4 Å². The van der Waals surface area contributed by atoms with Gasteiger partial charge in [-0.3, -0.25) is 9.59 Å².